The molecule has 24 heavy (non-hydrogen) atoms. The van der Waals surface area contributed by atoms with E-state index < -0.39 is 0 Å². The lowest BCUT2D eigenvalue weighted by Gasteiger charge is -2.30. The molecule has 4 rings (SSSR count). The van der Waals surface area contributed by atoms with Gasteiger partial charge in [0, 0.05) is 27.7 Å². The minimum atomic E-state index is -0.0544. The largest absolute Gasteiger partial charge is 0.508 e. The summed E-state index contributed by atoms with van der Waals surface area (Å²) in [5, 5.41) is 11.6. The Bertz CT molecular complexity index is 938. The highest BCUT2D eigenvalue weighted by molar-refractivity contribution is 7.19. The number of benzene rings is 1. The minimum Gasteiger partial charge on any atom is -0.508 e. The van der Waals surface area contributed by atoms with Crippen molar-refractivity contribution in [3.8, 4) is 5.75 Å². The summed E-state index contributed by atoms with van der Waals surface area (Å²) in [6, 6.07) is 7.17. The number of nitrogens with one attached hydrogen (secondary N) is 1. The molecule has 1 aromatic carbocycles. The topological polar surface area (TPSA) is 82.3 Å². The van der Waals surface area contributed by atoms with Crippen molar-refractivity contribution in [2.45, 2.75) is 19.4 Å². The SMILES string of the molecule is NCC1CCN(Cc2cc3c(s2)c(=O)[nH]c2ccc(O)cc23)CC1. The van der Waals surface area contributed by atoms with E-state index in [1.165, 1.54) is 4.88 Å². The third-order valence-electron chi connectivity index (χ3n) is 4.95. The highest BCUT2D eigenvalue weighted by Gasteiger charge is 2.19. The van der Waals surface area contributed by atoms with Crippen LogP contribution in [0.25, 0.3) is 21.0 Å². The lowest BCUT2D eigenvalue weighted by atomic mass is 9.97. The van der Waals surface area contributed by atoms with Crippen LogP contribution in [0.1, 0.15) is 17.7 Å². The number of hydrogen-bond donors (Lipinski definition) is 3. The van der Waals surface area contributed by atoms with E-state index in [0.29, 0.717) is 5.92 Å². The van der Waals surface area contributed by atoms with Crippen molar-refractivity contribution in [1.82, 2.24) is 9.88 Å². The first-order chi connectivity index (χ1) is 11.6. The van der Waals surface area contributed by atoms with Crippen LogP contribution in [0.2, 0.25) is 0 Å². The van der Waals surface area contributed by atoms with E-state index in [2.05, 4.69) is 16.0 Å². The lowest BCUT2D eigenvalue weighted by Crippen LogP contribution is -2.35. The standard InChI is InChI=1S/C18H21N3O2S/c19-9-11-3-5-21(6-4-11)10-13-8-15-14-7-12(22)1-2-16(14)20-18(23)17(15)24-13/h1-2,7-8,11,22H,3-6,9-10,19H2,(H,20,23). The Morgan fingerprint density at radius 3 is 2.79 bits per heavy atom. The number of thiophene rings is 1. The van der Waals surface area contributed by atoms with Crippen LogP contribution in [-0.2, 0) is 6.54 Å². The quantitative estimate of drug-likeness (QED) is 0.683. The molecule has 2 aromatic heterocycles. The highest BCUT2D eigenvalue weighted by atomic mass is 32.1. The van der Waals surface area contributed by atoms with Gasteiger partial charge in [-0.2, -0.15) is 0 Å². The summed E-state index contributed by atoms with van der Waals surface area (Å²) in [6.07, 6.45) is 2.30. The van der Waals surface area contributed by atoms with Crippen molar-refractivity contribution >= 4 is 32.3 Å². The summed E-state index contributed by atoms with van der Waals surface area (Å²) in [5.41, 5.74) is 6.47. The Balaban J connectivity index is 1.68. The van der Waals surface area contributed by atoms with E-state index in [1.807, 2.05) is 0 Å². The second-order valence-corrected chi connectivity index (χ2v) is 7.73. The lowest BCUT2D eigenvalue weighted by molar-refractivity contribution is 0.182. The second-order valence-electron chi connectivity index (χ2n) is 6.59. The first-order valence-corrected chi connectivity index (χ1v) is 9.15. The number of nitrogens with two attached hydrogens (primary N) is 1. The summed E-state index contributed by atoms with van der Waals surface area (Å²) in [5.74, 6) is 0.867. The number of piperidine rings is 1. The number of H-pyrrole nitrogens is 1. The van der Waals surface area contributed by atoms with Crippen LogP contribution in [-0.4, -0.2) is 34.6 Å². The van der Waals surface area contributed by atoms with Gasteiger partial charge in [-0.1, -0.05) is 0 Å². The molecule has 0 unspecified atom stereocenters. The Morgan fingerprint density at radius 1 is 1.25 bits per heavy atom. The maximum atomic E-state index is 12.3. The number of phenols is 1. The van der Waals surface area contributed by atoms with E-state index in [0.717, 1.165) is 60.0 Å². The van der Waals surface area contributed by atoms with Gasteiger partial charge in [0.05, 0.1) is 0 Å². The number of phenolic OH excluding ortho intramolecular Hbond substituents is 1. The average Bonchev–Trinajstić information content (AvgIpc) is 3.01. The van der Waals surface area contributed by atoms with E-state index >= 15 is 0 Å². The van der Waals surface area contributed by atoms with Gasteiger partial charge in [0.15, 0.2) is 0 Å². The van der Waals surface area contributed by atoms with Gasteiger partial charge < -0.3 is 15.8 Å². The fraction of sp³-hybridized carbons (Fsp3) is 0.389. The number of pyridine rings is 1. The molecule has 0 bridgehead atoms. The molecule has 3 aromatic rings. The first kappa shape index (κ1) is 15.6. The molecule has 0 radical (unpaired) electrons. The third-order valence-corrected chi connectivity index (χ3v) is 6.07. The van der Waals surface area contributed by atoms with Crippen molar-refractivity contribution in [1.29, 1.82) is 0 Å². The number of hydrogen-bond acceptors (Lipinski definition) is 5. The zero-order valence-corrected chi connectivity index (χ0v) is 14.2. The number of nitrogens with zero attached hydrogens (tertiary/aromatic N) is 1. The summed E-state index contributed by atoms with van der Waals surface area (Å²) < 4.78 is 0.736. The predicted octanol–water partition coefficient (Wildman–Crippen LogP) is 2.62. The van der Waals surface area contributed by atoms with Crippen molar-refractivity contribution < 1.29 is 5.11 Å². The molecule has 1 aliphatic heterocycles. The van der Waals surface area contributed by atoms with Gasteiger partial charge >= 0.3 is 0 Å². The predicted molar refractivity (Wildman–Crippen MR) is 98.7 cm³/mol. The molecule has 0 aliphatic carbocycles. The van der Waals surface area contributed by atoms with Crippen molar-refractivity contribution in [3.63, 3.8) is 0 Å². The normalized spacial score (nSPS) is 17.0. The Hall–Kier alpha value is -1.89. The smallest absolute Gasteiger partial charge is 0.266 e. The van der Waals surface area contributed by atoms with Gasteiger partial charge in [-0.25, -0.2) is 0 Å². The molecule has 0 spiro atoms. The van der Waals surface area contributed by atoms with E-state index in [9.17, 15) is 9.90 Å². The van der Waals surface area contributed by atoms with Gasteiger partial charge in [0.1, 0.15) is 10.4 Å². The van der Waals surface area contributed by atoms with Crippen molar-refractivity contribution in [2.75, 3.05) is 19.6 Å². The molecule has 4 N–H and O–H groups in total. The summed E-state index contributed by atoms with van der Waals surface area (Å²) in [7, 11) is 0. The maximum Gasteiger partial charge on any atom is 0.266 e. The molecule has 126 valence electrons. The van der Waals surface area contributed by atoms with E-state index in [1.54, 1.807) is 29.5 Å². The average molecular weight is 343 g/mol. The van der Waals surface area contributed by atoms with Crippen LogP contribution in [0.3, 0.4) is 0 Å². The van der Waals surface area contributed by atoms with Crippen LogP contribution >= 0.6 is 11.3 Å². The number of aromatic hydroxyl groups is 1. The van der Waals surface area contributed by atoms with Crippen molar-refractivity contribution in [2.24, 2.45) is 11.7 Å². The molecule has 1 aliphatic rings. The molecule has 3 heterocycles. The Morgan fingerprint density at radius 2 is 2.04 bits per heavy atom. The zero-order chi connectivity index (χ0) is 16.7. The van der Waals surface area contributed by atoms with E-state index in [-0.39, 0.29) is 11.3 Å². The van der Waals surface area contributed by atoms with E-state index in [4.69, 9.17) is 5.73 Å². The van der Waals surface area contributed by atoms with Crippen LogP contribution in [0.4, 0.5) is 0 Å². The molecule has 1 fully saturated rings. The third kappa shape index (κ3) is 2.81. The molecule has 6 heteroatoms. The Kier molecular flexibility index (Phi) is 4.04. The summed E-state index contributed by atoms with van der Waals surface area (Å²) in [4.78, 5) is 18.9. The van der Waals surface area contributed by atoms with Gasteiger partial charge in [-0.15, -0.1) is 11.3 Å². The molecule has 0 atom stereocenters. The van der Waals surface area contributed by atoms with Gasteiger partial charge in [0.25, 0.3) is 5.56 Å². The van der Waals surface area contributed by atoms with Crippen LogP contribution in [0, 0.1) is 5.92 Å². The summed E-state index contributed by atoms with van der Waals surface area (Å²) in [6.45, 7) is 3.78. The van der Waals surface area contributed by atoms with Crippen LogP contribution < -0.4 is 11.3 Å². The fourth-order valence-electron chi connectivity index (χ4n) is 3.53. The summed E-state index contributed by atoms with van der Waals surface area (Å²) >= 11 is 1.55. The van der Waals surface area contributed by atoms with Crippen LogP contribution in [0.15, 0.2) is 29.1 Å². The maximum absolute atomic E-state index is 12.3. The minimum absolute atomic E-state index is 0.0544. The highest BCUT2D eigenvalue weighted by Crippen LogP contribution is 2.31. The monoisotopic (exact) mass is 343 g/mol. The van der Waals surface area contributed by atoms with Gasteiger partial charge in [-0.3, -0.25) is 9.69 Å². The van der Waals surface area contributed by atoms with Gasteiger partial charge in [-0.05, 0) is 62.7 Å². The number of aromatic nitrogens is 1. The molecular formula is C18H21N3O2S. The number of likely N-dealkylation sites (tertiary alicyclic amines) is 1. The second kappa shape index (κ2) is 6.20. The fourth-order valence-corrected chi connectivity index (χ4v) is 4.64. The number of fused-ring (bicyclic) bond motifs is 3. The molecule has 5 nitrogen and oxygen atoms in total. The number of rotatable bonds is 3. The van der Waals surface area contributed by atoms with Crippen molar-refractivity contribution in [3.05, 3.63) is 39.5 Å². The molecule has 0 amide bonds. The molecular weight excluding hydrogens is 322 g/mol. The number of aromatic amines is 1. The molecule has 0 saturated carbocycles. The Labute approximate surface area is 143 Å². The van der Waals surface area contributed by atoms with Gasteiger partial charge in [0.2, 0.25) is 0 Å². The zero-order valence-electron chi connectivity index (χ0n) is 13.4. The first-order valence-electron chi connectivity index (χ1n) is 8.34. The van der Waals surface area contributed by atoms with Crippen LogP contribution in [0.5, 0.6) is 5.75 Å². The molecule has 1 saturated heterocycles.